The van der Waals surface area contributed by atoms with E-state index in [1.807, 2.05) is 0 Å². The van der Waals surface area contributed by atoms with Crippen molar-refractivity contribution in [1.82, 2.24) is 6.15 Å². The van der Waals surface area contributed by atoms with Gasteiger partial charge in [0.2, 0.25) is 0 Å². The van der Waals surface area contributed by atoms with Gasteiger partial charge in [-0.1, -0.05) is 0 Å². The summed E-state index contributed by atoms with van der Waals surface area (Å²) in [5.74, 6) is -3.43. The van der Waals surface area contributed by atoms with Crippen molar-refractivity contribution in [2.24, 2.45) is 0 Å². The molecule has 0 aromatic carbocycles. The maximum atomic E-state index is 9.58. The predicted octanol–water partition coefficient (Wildman–Crippen LogP) is -3.39. The van der Waals surface area contributed by atoms with Gasteiger partial charge in [-0.3, -0.25) is 0 Å². The molecule has 0 heterocycles. The van der Waals surface area contributed by atoms with E-state index in [2.05, 4.69) is 0 Å². The molecular weight excluding hydrogens is 233 g/mol. The zero-order chi connectivity index (χ0) is 7.44. The SMILES string of the molecule is O=C([O-])CC(O)C(=O)[O-].[NH4+].[Zr+]. The number of carbonyl (C=O) groups excluding carboxylic acids is 2. The summed E-state index contributed by atoms with van der Waals surface area (Å²) in [4.78, 5) is 19.1. The van der Waals surface area contributed by atoms with Crippen molar-refractivity contribution in [3.8, 4) is 0 Å². The molecule has 0 aromatic rings. The standard InChI is InChI=1S/C4H6O5.H3N.Zr/c5-2(4(8)9)1-3(6)7;;/h2,5H,1H2,(H,6,7)(H,8,9);1H3;/q;;+1/p-1. The molecule has 5 N–H and O–H groups in total. The summed E-state index contributed by atoms with van der Waals surface area (Å²) >= 11 is 0. The van der Waals surface area contributed by atoms with Crippen molar-refractivity contribution in [1.29, 1.82) is 0 Å². The van der Waals surface area contributed by atoms with Gasteiger partial charge in [-0.25, -0.2) is 0 Å². The Kier molecular flexibility index (Phi) is 12.1. The van der Waals surface area contributed by atoms with Gasteiger partial charge in [-0.2, -0.15) is 0 Å². The Morgan fingerprint density at radius 2 is 1.73 bits per heavy atom. The van der Waals surface area contributed by atoms with E-state index in [0.29, 0.717) is 0 Å². The molecule has 11 heavy (non-hydrogen) atoms. The molecule has 0 saturated heterocycles. The minimum absolute atomic E-state index is 0. The van der Waals surface area contributed by atoms with Crippen LogP contribution in [0.15, 0.2) is 0 Å². The summed E-state index contributed by atoms with van der Waals surface area (Å²) in [5, 5.41) is 27.3. The van der Waals surface area contributed by atoms with Crippen molar-refractivity contribution in [2.45, 2.75) is 12.5 Å². The van der Waals surface area contributed by atoms with E-state index in [-0.39, 0.29) is 32.4 Å². The van der Waals surface area contributed by atoms with Crippen LogP contribution in [0.25, 0.3) is 0 Å². The number of hydrogen-bond acceptors (Lipinski definition) is 5. The number of carbonyl (C=O) groups is 2. The number of rotatable bonds is 3. The summed E-state index contributed by atoms with van der Waals surface area (Å²) in [6, 6.07) is 0. The third-order valence-corrected chi connectivity index (χ3v) is 0.632. The van der Waals surface area contributed by atoms with Crippen molar-refractivity contribution < 1.29 is 51.1 Å². The molecular formula is C4H8NO5Zr. The molecule has 0 aliphatic carbocycles. The topological polar surface area (TPSA) is 137 Å². The van der Waals surface area contributed by atoms with Crippen LogP contribution in [-0.4, -0.2) is 23.1 Å². The molecule has 0 fully saturated rings. The zero-order valence-corrected chi connectivity index (χ0v) is 8.32. The first kappa shape index (κ1) is 17.0. The Morgan fingerprint density at radius 1 is 1.36 bits per heavy atom. The number of aliphatic hydroxyl groups is 1. The smallest absolute Gasteiger partial charge is 0.550 e. The van der Waals surface area contributed by atoms with E-state index in [9.17, 15) is 19.8 Å². The van der Waals surface area contributed by atoms with Crippen LogP contribution in [0.4, 0.5) is 0 Å². The Hall–Kier alpha value is -0.257. The Labute approximate surface area is 81.9 Å². The average Bonchev–Trinajstić information content (AvgIpc) is 1.63. The van der Waals surface area contributed by atoms with E-state index in [4.69, 9.17) is 5.11 Å². The maximum absolute atomic E-state index is 9.58. The van der Waals surface area contributed by atoms with Gasteiger partial charge in [0.1, 0.15) is 0 Å². The third-order valence-electron chi connectivity index (χ3n) is 0.632. The normalized spacial score (nSPS) is 10.3. The van der Waals surface area contributed by atoms with Crippen LogP contribution in [0.5, 0.6) is 0 Å². The molecule has 0 saturated carbocycles. The average molecular weight is 241 g/mol. The van der Waals surface area contributed by atoms with Crippen LogP contribution in [0.2, 0.25) is 0 Å². The Morgan fingerprint density at radius 3 is 1.82 bits per heavy atom. The summed E-state index contributed by atoms with van der Waals surface area (Å²) < 4.78 is 0. The molecule has 6 nitrogen and oxygen atoms in total. The number of carboxylic acid groups (broad SMARTS) is 2. The van der Waals surface area contributed by atoms with Gasteiger partial charge in [0.25, 0.3) is 0 Å². The van der Waals surface area contributed by atoms with Gasteiger partial charge in [0.05, 0.1) is 12.1 Å². The summed E-state index contributed by atoms with van der Waals surface area (Å²) in [6.07, 6.45) is -2.89. The van der Waals surface area contributed by atoms with Crippen LogP contribution < -0.4 is 16.4 Å². The van der Waals surface area contributed by atoms with Gasteiger partial charge in [0.15, 0.2) is 0 Å². The van der Waals surface area contributed by atoms with Crippen molar-refractivity contribution in [2.75, 3.05) is 0 Å². The van der Waals surface area contributed by atoms with Crippen LogP contribution in [0.1, 0.15) is 6.42 Å². The molecule has 1 radical (unpaired) electrons. The van der Waals surface area contributed by atoms with Crippen LogP contribution in [0.3, 0.4) is 0 Å². The minimum Gasteiger partial charge on any atom is -0.550 e. The second kappa shape index (κ2) is 7.85. The second-order valence-electron chi connectivity index (χ2n) is 1.41. The quantitative estimate of drug-likeness (QED) is 0.531. The number of hydrogen-bond donors (Lipinski definition) is 2. The summed E-state index contributed by atoms with van der Waals surface area (Å²) in [6.45, 7) is 0. The van der Waals surface area contributed by atoms with E-state index < -0.39 is 24.5 Å². The van der Waals surface area contributed by atoms with Crippen LogP contribution >= 0.6 is 0 Å². The van der Waals surface area contributed by atoms with Crippen LogP contribution in [0, 0.1) is 0 Å². The monoisotopic (exact) mass is 240 g/mol. The Balaban J connectivity index is -0.000000320. The van der Waals surface area contributed by atoms with Crippen molar-refractivity contribution >= 4 is 11.9 Å². The van der Waals surface area contributed by atoms with Crippen molar-refractivity contribution in [3.63, 3.8) is 0 Å². The summed E-state index contributed by atoms with van der Waals surface area (Å²) in [7, 11) is 0. The van der Waals surface area contributed by atoms with Gasteiger partial charge in [-0.15, -0.1) is 0 Å². The molecule has 0 rings (SSSR count). The fourth-order valence-corrected chi connectivity index (χ4v) is 0.241. The summed E-state index contributed by atoms with van der Waals surface area (Å²) in [5.41, 5.74) is 0. The molecule has 0 aliphatic heterocycles. The molecule has 0 aromatic heterocycles. The molecule has 1 unspecified atom stereocenters. The number of aliphatic carboxylic acids is 2. The molecule has 7 heteroatoms. The van der Waals surface area contributed by atoms with E-state index in [0.717, 1.165) is 0 Å². The van der Waals surface area contributed by atoms with Crippen molar-refractivity contribution in [3.05, 3.63) is 0 Å². The molecule has 0 amide bonds. The van der Waals surface area contributed by atoms with Gasteiger partial charge in [-0.05, 0) is 0 Å². The number of aliphatic hydroxyl groups excluding tert-OH is 1. The van der Waals surface area contributed by atoms with Gasteiger partial charge < -0.3 is 31.1 Å². The largest absolute Gasteiger partial charge is 1.00 e. The molecule has 0 aliphatic rings. The first-order valence-electron chi connectivity index (χ1n) is 2.13. The maximum Gasteiger partial charge on any atom is 1.00 e. The third kappa shape index (κ3) is 9.74. The van der Waals surface area contributed by atoms with Crippen LogP contribution in [-0.2, 0) is 35.8 Å². The molecule has 0 spiro atoms. The molecule has 63 valence electrons. The fraction of sp³-hybridized carbons (Fsp3) is 0.500. The minimum atomic E-state index is -1.96. The second-order valence-corrected chi connectivity index (χ2v) is 1.41. The fourth-order valence-electron chi connectivity index (χ4n) is 0.241. The Bertz CT molecular complexity index is 138. The number of carboxylic acids is 2. The van der Waals surface area contributed by atoms with E-state index >= 15 is 0 Å². The first-order chi connectivity index (χ1) is 4.04. The molecule has 1 atom stereocenters. The van der Waals surface area contributed by atoms with E-state index in [1.165, 1.54) is 0 Å². The first-order valence-corrected chi connectivity index (χ1v) is 2.13. The zero-order valence-electron chi connectivity index (χ0n) is 5.86. The number of quaternary nitrogens is 1. The molecule has 0 bridgehead atoms. The van der Waals surface area contributed by atoms with Gasteiger partial charge in [0, 0.05) is 12.4 Å². The van der Waals surface area contributed by atoms with E-state index in [1.54, 1.807) is 0 Å². The predicted molar refractivity (Wildman–Crippen MR) is 26.6 cm³/mol. The van der Waals surface area contributed by atoms with Gasteiger partial charge >= 0.3 is 26.2 Å².